The van der Waals surface area contributed by atoms with Crippen LogP contribution in [-0.4, -0.2) is 19.1 Å². The summed E-state index contributed by atoms with van der Waals surface area (Å²) < 4.78 is 12.4. The Morgan fingerprint density at radius 3 is 2.62 bits per heavy atom. The number of hydrogen-bond donors (Lipinski definition) is 2. The van der Waals surface area contributed by atoms with Crippen molar-refractivity contribution in [2.24, 2.45) is 5.73 Å². The first-order valence-corrected chi connectivity index (χ1v) is 8.60. The number of ether oxygens (including phenoxy) is 2. The summed E-state index contributed by atoms with van der Waals surface area (Å²) in [5.74, 6) is 1.22. The third-order valence-corrected chi connectivity index (χ3v) is 4.28. The smallest absolute Gasteiger partial charge is 0.221 e. The van der Waals surface area contributed by atoms with Crippen molar-refractivity contribution in [1.29, 1.82) is 0 Å². The van der Waals surface area contributed by atoms with E-state index in [2.05, 4.69) is 21.2 Å². The zero-order chi connectivity index (χ0) is 16.9. The number of nitrogens with one attached hydrogen (secondary N) is 1. The standard InChI is InChI=1S/C18H19BrN2O3/c19-15-8-13(9-16-18(15)24-7-1-6-23-16)11-21-14-4-2-12(3-5-14)10-17(20)22/h2-5,8-9,21H,1,6-7,10-11H2,(H2,20,22). The minimum absolute atomic E-state index is 0.259. The van der Waals surface area contributed by atoms with Gasteiger partial charge in [0.25, 0.3) is 0 Å². The highest BCUT2D eigenvalue weighted by molar-refractivity contribution is 9.10. The molecule has 0 unspecified atom stereocenters. The van der Waals surface area contributed by atoms with E-state index >= 15 is 0 Å². The number of primary amides is 1. The van der Waals surface area contributed by atoms with Gasteiger partial charge in [0, 0.05) is 18.7 Å². The Labute approximate surface area is 149 Å². The molecule has 1 heterocycles. The van der Waals surface area contributed by atoms with E-state index in [1.54, 1.807) is 0 Å². The average Bonchev–Trinajstić information content (AvgIpc) is 2.79. The second-order valence-electron chi connectivity index (χ2n) is 5.65. The molecule has 0 atom stereocenters. The first-order valence-electron chi connectivity index (χ1n) is 7.81. The van der Waals surface area contributed by atoms with Gasteiger partial charge in [-0.3, -0.25) is 4.79 Å². The molecule has 0 fully saturated rings. The van der Waals surface area contributed by atoms with E-state index in [-0.39, 0.29) is 12.3 Å². The highest BCUT2D eigenvalue weighted by Gasteiger charge is 2.15. The number of fused-ring (bicyclic) bond motifs is 1. The molecule has 6 heteroatoms. The maximum atomic E-state index is 10.9. The van der Waals surface area contributed by atoms with E-state index in [1.165, 1.54) is 0 Å². The van der Waals surface area contributed by atoms with Gasteiger partial charge in [-0.25, -0.2) is 0 Å². The van der Waals surface area contributed by atoms with Crippen LogP contribution >= 0.6 is 15.9 Å². The summed E-state index contributed by atoms with van der Waals surface area (Å²) in [5.41, 5.74) is 8.17. The molecule has 5 nitrogen and oxygen atoms in total. The Kier molecular flexibility index (Phi) is 5.25. The maximum absolute atomic E-state index is 10.9. The van der Waals surface area contributed by atoms with E-state index in [4.69, 9.17) is 15.2 Å². The summed E-state index contributed by atoms with van der Waals surface area (Å²) in [6.07, 6.45) is 1.14. The molecule has 24 heavy (non-hydrogen) atoms. The van der Waals surface area contributed by atoms with Gasteiger partial charge in [0.05, 0.1) is 24.1 Å². The molecule has 1 aliphatic rings. The Bertz CT molecular complexity index is 732. The molecule has 3 rings (SSSR count). The molecule has 3 N–H and O–H groups in total. The van der Waals surface area contributed by atoms with Gasteiger partial charge in [-0.05, 0) is 51.3 Å². The fraction of sp³-hybridized carbons (Fsp3) is 0.278. The zero-order valence-corrected chi connectivity index (χ0v) is 14.8. The van der Waals surface area contributed by atoms with Crippen molar-refractivity contribution in [2.75, 3.05) is 18.5 Å². The number of hydrogen-bond acceptors (Lipinski definition) is 4. The van der Waals surface area contributed by atoms with Crippen molar-refractivity contribution in [2.45, 2.75) is 19.4 Å². The van der Waals surface area contributed by atoms with E-state index in [0.29, 0.717) is 19.8 Å². The van der Waals surface area contributed by atoms with Crippen LogP contribution in [0.2, 0.25) is 0 Å². The quantitative estimate of drug-likeness (QED) is 0.821. The van der Waals surface area contributed by atoms with Gasteiger partial charge in [0.15, 0.2) is 11.5 Å². The Morgan fingerprint density at radius 2 is 1.88 bits per heavy atom. The van der Waals surface area contributed by atoms with Crippen molar-refractivity contribution < 1.29 is 14.3 Å². The van der Waals surface area contributed by atoms with Crippen molar-refractivity contribution in [3.05, 3.63) is 52.0 Å². The van der Waals surface area contributed by atoms with Gasteiger partial charge in [0.2, 0.25) is 5.91 Å². The first-order chi connectivity index (χ1) is 11.6. The predicted molar refractivity (Wildman–Crippen MR) is 96.4 cm³/mol. The monoisotopic (exact) mass is 390 g/mol. The number of benzene rings is 2. The predicted octanol–water partition coefficient (Wildman–Crippen LogP) is 3.25. The van der Waals surface area contributed by atoms with Crippen LogP contribution in [0.1, 0.15) is 17.5 Å². The van der Waals surface area contributed by atoms with Gasteiger partial charge in [-0.2, -0.15) is 0 Å². The Morgan fingerprint density at radius 1 is 1.12 bits per heavy atom. The van der Waals surface area contributed by atoms with Crippen LogP contribution in [0, 0.1) is 0 Å². The molecule has 126 valence electrons. The van der Waals surface area contributed by atoms with E-state index in [1.807, 2.05) is 36.4 Å². The summed E-state index contributed by atoms with van der Waals surface area (Å²) in [7, 11) is 0. The summed E-state index contributed by atoms with van der Waals surface area (Å²) >= 11 is 3.55. The van der Waals surface area contributed by atoms with Gasteiger partial charge in [0.1, 0.15) is 0 Å². The summed E-state index contributed by atoms with van der Waals surface area (Å²) in [6.45, 7) is 1.99. The summed E-state index contributed by atoms with van der Waals surface area (Å²) in [6, 6.07) is 11.7. The molecule has 0 saturated heterocycles. The molecule has 0 aromatic heterocycles. The zero-order valence-electron chi connectivity index (χ0n) is 13.2. The van der Waals surface area contributed by atoms with Crippen LogP contribution in [0.4, 0.5) is 5.69 Å². The van der Waals surface area contributed by atoms with Crippen LogP contribution in [-0.2, 0) is 17.8 Å². The number of halogens is 1. The molecule has 0 spiro atoms. The molecule has 0 bridgehead atoms. The fourth-order valence-corrected chi connectivity index (χ4v) is 3.14. The third kappa shape index (κ3) is 4.20. The van der Waals surface area contributed by atoms with Crippen LogP contribution in [0.3, 0.4) is 0 Å². The third-order valence-electron chi connectivity index (χ3n) is 3.69. The van der Waals surface area contributed by atoms with Crippen LogP contribution in [0.15, 0.2) is 40.9 Å². The topological polar surface area (TPSA) is 73.6 Å². The molecule has 2 aromatic carbocycles. The average molecular weight is 391 g/mol. The van der Waals surface area contributed by atoms with Gasteiger partial charge in [-0.15, -0.1) is 0 Å². The van der Waals surface area contributed by atoms with Crippen LogP contribution < -0.4 is 20.5 Å². The van der Waals surface area contributed by atoms with Gasteiger partial charge in [-0.1, -0.05) is 12.1 Å². The lowest BCUT2D eigenvalue weighted by atomic mass is 10.1. The summed E-state index contributed by atoms with van der Waals surface area (Å²) in [4.78, 5) is 10.9. The highest BCUT2D eigenvalue weighted by Crippen LogP contribution is 2.38. The molecule has 0 aliphatic carbocycles. The first kappa shape index (κ1) is 16.6. The van der Waals surface area contributed by atoms with Gasteiger partial charge < -0.3 is 20.5 Å². The number of carbonyl (C=O) groups is 1. The van der Waals surface area contributed by atoms with E-state index in [9.17, 15) is 4.79 Å². The minimum Gasteiger partial charge on any atom is -0.490 e. The number of amides is 1. The Balaban J connectivity index is 1.67. The van der Waals surface area contributed by atoms with E-state index < -0.39 is 0 Å². The van der Waals surface area contributed by atoms with Crippen molar-refractivity contribution in [3.63, 3.8) is 0 Å². The van der Waals surface area contributed by atoms with Crippen molar-refractivity contribution >= 4 is 27.5 Å². The fourth-order valence-electron chi connectivity index (χ4n) is 2.53. The lowest BCUT2D eigenvalue weighted by Crippen LogP contribution is -2.13. The molecule has 0 radical (unpaired) electrons. The largest absolute Gasteiger partial charge is 0.490 e. The van der Waals surface area contributed by atoms with Crippen LogP contribution in [0.25, 0.3) is 0 Å². The maximum Gasteiger partial charge on any atom is 0.221 e. The van der Waals surface area contributed by atoms with E-state index in [0.717, 1.165) is 39.2 Å². The number of anilines is 1. The number of rotatable bonds is 5. The highest BCUT2D eigenvalue weighted by atomic mass is 79.9. The minimum atomic E-state index is -0.326. The van der Waals surface area contributed by atoms with Crippen molar-refractivity contribution in [3.8, 4) is 11.5 Å². The summed E-state index contributed by atoms with van der Waals surface area (Å²) in [5, 5.41) is 3.36. The molecule has 0 saturated carbocycles. The SMILES string of the molecule is NC(=O)Cc1ccc(NCc2cc(Br)c3c(c2)OCCCO3)cc1. The molecular formula is C18H19BrN2O3. The van der Waals surface area contributed by atoms with Crippen LogP contribution in [0.5, 0.6) is 11.5 Å². The number of carbonyl (C=O) groups excluding carboxylic acids is 1. The number of nitrogens with two attached hydrogens (primary N) is 1. The molecule has 1 aliphatic heterocycles. The normalized spacial score (nSPS) is 13.2. The molecule has 2 aromatic rings. The second kappa shape index (κ2) is 7.57. The lowest BCUT2D eigenvalue weighted by Gasteiger charge is -2.13. The van der Waals surface area contributed by atoms with Crippen molar-refractivity contribution in [1.82, 2.24) is 0 Å². The molecular weight excluding hydrogens is 372 g/mol. The Hall–Kier alpha value is -2.21. The molecule has 1 amide bonds. The van der Waals surface area contributed by atoms with Gasteiger partial charge >= 0.3 is 0 Å². The lowest BCUT2D eigenvalue weighted by molar-refractivity contribution is -0.117. The second-order valence-corrected chi connectivity index (χ2v) is 6.50.